The van der Waals surface area contributed by atoms with Crippen LogP contribution in [-0.2, 0) is 16.4 Å². The zero-order valence-electron chi connectivity index (χ0n) is 14.3. The van der Waals surface area contributed by atoms with Gasteiger partial charge in [0.15, 0.2) is 5.82 Å². The molecule has 0 fully saturated rings. The van der Waals surface area contributed by atoms with Crippen LogP contribution in [-0.4, -0.2) is 55.3 Å². The van der Waals surface area contributed by atoms with Gasteiger partial charge in [0, 0.05) is 38.3 Å². The molecule has 136 valence electrons. The Morgan fingerprint density at radius 1 is 1.24 bits per heavy atom. The molecule has 2 aromatic rings. The summed E-state index contributed by atoms with van der Waals surface area (Å²) in [5.41, 5.74) is 1.31. The summed E-state index contributed by atoms with van der Waals surface area (Å²) in [5, 5.41) is 8.96. The van der Waals surface area contributed by atoms with Crippen molar-refractivity contribution in [2.45, 2.75) is 13.3 Å². The number of aryl methyl sites for hydroxylation is 1. The third-order valence-corrected chi connectivity index (χ3v) is 5.21. The Morgan fingerprint density at radius 2 is 1.92 bits per heavy atom. The monoisotopic (exact) mass is 367 g/mol. The molecule has 0 saturated carbocycles. The van der Waals surface area contributed by atoms with Gasteiger partial charge in [0.1, 0.15) is 0 Å². The summed E-state index contributed by atoms with van der Waals surface area (Å²) in [5.74, 6) is 0.884. The van der Waals surface area contributed by atoms with E-state index in [0.717, 1.165) is 9.87 Å². The van der Waals surface area contributed by atoms with E-state index in [1.165, 1.54) is 14.1 Å². The third-order valence-electron chi connectivity index (χ3n) is 3.38. The van der Waals surface area contributed by atoms with Crippen LogP contribution >= 0.6 is 0 Å². The van der Waals surface area contributed by atoms with E-state index in [1.807, 2.05) is 6.92 Å². The Balaban J connectivity index is 1.87. The molecule has 25 heavy (non-hydrogen) atoms. The standard InChI is InChI=1S/C15H21N5O4S/c1-4-13-18-14(24-19-13)11-5-7-12(8-6-11)17-15(21)16-9-10-25(22,23)20(2)3/h5-8H,4,9-10H2,1-3H3,(H2,16,17,21). The average molecular weight is 367 g/mol. The number of carbonyl (C=O) groups is 1. The third kappa shape index (κ3) is 5.26. The van der Waals surface area contributed by atoms with Crippen LogP contribution in [0.3, 0.4) is 0 Å². The molecule has 1 heterocycles. The molecule has 0 spiro atoms. The van der Waals surface area contributed by atoms with Gasteiger partial charge < -0.3 is 15.2 Å². The largest absolute Gasteiger partial charge is 0.337 e. The van der Waals surface area contributed by atoms with Crippen molar-refractivity contribution in [3.05, 3.63) is 30.1 Å². The Bertz CT molecular complexity index is 815. The topological polar surface area (TPSA) is 117 Å². The molecule has 0 atom stereocenters. The van der Waals surface area contributed by atoms with Crippen LogP contribution in [0.1, 0.15) is 12.7 Å². The van der Waals surface area contributed by atoms with Crippen LogP contribution < -0.4 is 10.6 Å². The number of rotatable bonds is 7. The fourth-order valence-electron chi connectivity index (χ4n) is 1.86. The van der Waals surface area contributed by atoms with Gasteiger partial charge in [-0.3, -0.25) is 0 Å². The molecule has 0 aliphatic carbocycles. The lowest BCUT2D eigenvalue weighted by molar-refractivity contribution is 0.252. The SMILES string of the molecule is CCc1noc(-c2ccc(NC(=O)NCCS(=O)(=O)N(C)C)cc2)n1. The lowest BCUT2D eigenvalue weighted by Gasteiger charge is -2.12. The van der Waals surface area contributed by atoms with Gasteiger partial charge in [-0.2, -0.15) is 4.98 Å². The van der Waals surface area contributed by atoms with Crippen LogP contribution in [0.15, 0.2) is 28.8 Å². The second kappa shape index (κ2) is 8.08. The van der Waals surface area contributed by atoms with Crippen LogP contribution in [0, 0.1) is 0 Å². The van der Waals surface area contributed by atoms with Gasteiger partial charge in [-0.25, -0.2) is 17.5 Å². The first-order chi connectivity index (χ1) is 11.8. The zero-order valence-corrected chi connectivity index (χ0v) is 15.1. The maximum Gasteiger partial charge on any atom is 0.319 e. The molecule has 0 radical (unpaired) electrons. The van der Waals surface area contributed by atoms with E-state index in [4.69, 9.17) is 4.52 Å². The molecule has 9 nitrogen and oxygen atoms in total. The van der Waals surface area contributed by atoms with Crippen molar-refractivity contribution in [3.8, 4) is 11.5 Å². The molecule has 0 aliphatic heterocycles. The molecular weight excluding hydrogens is 346 g/mol. The van der Waals surface area contributed by atoms with Crippen molar-refractivity contribution in [1.29, 1.82) is 0 Å². The van der Waals surface area contributed by atoms with E-state index in [1.54, 1.807) is 24.3 Å². The highest BCUT2D eigenvalue weighted by molar-refractivity contribution is 7.89. The van der Waals surface area contributed by atoms with Crippen molar-refractivity contribution in [3.63, 3.8) is 0 Å². The molecule has 10 heteroatoms. The highest BCUT2D eigenvalue weighted by Gasteiger charge is 2.13. The summed E-state index contributed by atoms with van der Waals surface area (Å²) in [7, 11) is -0.439. The highest BCUT2D eigenvalue weighted by Crippen LogP contribution is 2.19. The molecule has 0 unspecified atom stereocenters. The Kier molecular flexibility index (Phi) is 6.10. The maximum absolute atomic E-state index is 11.8. The number of amides is 2. The summed E-state index contributed by atoms with van der Waals surface area (Å²) in [6, 6.07) is 6.41. The van der Waals surface area contributed by atoms with Gasteiger partial charge in [-0.15, -0.1) is 0 Å². The van der Waals surface area contributed by atoms with Crippen molar-refractivity contribution in [2.24, 2.45) is 0 Å². The minimum absolute atomic E-state index is 0.0200. The number of carbonyl (C=O) groups excluding carboxylic acids is 1. The van der Waals surface area contributed by atoms with Gasteiger partial charge in [-0.05, 0) is 24.3 Å². The lowest BCUT2D eigenvalue weighted by Crippen LogP contribution is -2.36. The van der Waals surface area contributed by atoms with E-state index in [2.05, 4.69) is 20.8 Å². The van der Waals surface area contributed by atoms with E-state index >= 15 is 0 Å². The Morgan fingerprint density at radius 3 is 2.48 bits per heavy atom. The van der Waals surface area contributed by atoms with Gasteiger partial charge in [-0.1, -0.05) is 12.1 Å². The van der Waals surface area contributed by atoms with E-state index in [0.29, 0.717) is 23.8 Å². The molecule has 2 amide bonds. The summed E-state index contributed by atoms with van der Waals surface area (Å²) in [6.07, 6.45) is 0.687. The van der Waals surface area contributed by atoms with Crippen LogP contribution in [0.5, 0.6) is 0 Å². The predicted octanol–water partition coefficient (Wildman–Crippen LogP) is 1.31. The van der Waals surface area contributed by atoms with E-state index in [9.17, 15) is 13.2 Å². The normalized spacial score (nSPS) is 11.5. The maximum atomic E-state index is 11.8. The Labute approximate surface area is 146 Å². The van der Waals surface area contributed by atoms with Crippen LogP contribution in [0.2, 0.25) is 0 Å². The Hall–Kier alpha value is -2.46. The van der Waals surface area contributed by atoms with Crippen molar-refractivity contribution in [2.75, 3.05) is 31.7 Å². The van der Waals surface area contributed by atoms with Crippen LogP contribution in [0.4, 0.5) is 10.5 Å². The van der Waals surface area contributed by atoms with Gasteiger partial charge in [0.05, 0.1) is 5.75 Å². The van der Waals surface area contributed by atoms with Crippen molar-refractivity contribution in [1.82, 2.24) is 19.8 Å². The molecule has 2 N–H and O–H groups in total. The summed E-state index contributed by atoms with van der Waals surface area (Å²) in [4.78, 5) is 16.0. The lowest BCUT2D eigenvalue weighted by atomic mass is 10.2. The number of anilines is 1. The van der Waals surface area contributed by atoms with Gasteiger partial charge >= 0.3 is 6.03 Å². The van der Waals surface area contributed by atoms with Gasteiger partial charge in [0.25, 0.3) is 5.89 Å². The number of hydrogen-bond acceptors (Lipinski definition) is 6. The quantitative estimate of drug-likeness (QED) is 0.762. The molecule has 2 rings (SSSR count). The molecule has 0 bridgehead atoms. The number of sulfonamides is 1. The number of urea groups is 1. The predicted molar refractivity (Wildman–Crippen MR) is 93.6 cm³/mol. The first-order valence-electron chi connectivity index (χ1n) is 7.70. The molecule has 0 saturated heterocycles. The molecular formula is C15H21N5O4S. The first-order valence-corrected chi connectivity index (χ1v) is 9.31. The zero-order chi connectivity index (χ0) is 18.4. The number of hydrogen-bond donors (Lipinski definition) is 2. The number of nitrogens with one attached hydrogen (secondary N) is 2. The second-order valence-electron chi connectivity index (χ2n) is 5.43. The fourth-order valence-corrected chi connectivity index (χ4v) is 2.59. The molecule has 1 aromatic heterocycles. The second-order valence-corrected chi connectivity index (χ2v) is 7.73. The summed E-state index contributed by atoms with van der Waals surface area (Å²) < 4.78 is 29.5. The average Bonchev–Trinajstić information content (AvgIpc) is 3.04. The molecule has 0 aliphatic rings. The molecule has 1 aromatic carbocycles. The van der Waals surface area contributed by atoms with Crippen LogP contribution in [0.25, 0.3) is 11.5 Å². The number of benzene rings is 1. The number of aromatic nitrogens is 2. The fraction of sp³-hybridized carbons (Fsp3) is 0.400. The minimum atomic E-state index is -3.34. The van der Waals surface area contributed by atoms with Crippen molar-refractivity contribution >= 4 is 21.7 Å². The summed E-state index contributed by atoms with van der Waals surface area (Å²) in [6.45, 7) is 1.95. The van der Waals surface area contributed by atoms with Crippen molar-refractivity contribution < 1.29 is 17.7 Å². The first kappa shape index (κ1) is 18.9. The van der Waals surface area contributed by atoms with E-state index < -0.39 is 16.1 Å². The van der Waals surface area contributed by atoms with Gasteiger partial charge in [0.2, 0.25) is 10.0 Å². The summed E-state index contributed by atoms with van der Waals surface area (Å²) >= 11 is 0. The minimum Gasteiger partial charge on any atom is -0.337 e. The highest BCUT2D eigenvalue weighted by atomic mass is 32.2. The smallest absolute Gasteiger partial charge is 0.319 e. The van der Waals surface area contributed by atoms with E-state index in [-0.39, 0.29) is 12.3 Å². The number of nitrogens with zero attached hydrogens (tertiary/aromatic N) is 3.